The van der Waals surface area contributed by atoms with Crippen LogP contribution in [0.5, 0.6) is 11.5 Å². The number of nitro benzene ring substituents is 1. The van der Waals surface area contributed by atoms with Gasteiger partial charge < -0.3 is 19.5 Å². The number of aliphatic hydroxyl groups excluding tert-OH is 1. The van der Waals surface area contributed by atoms with Gasteiger partial charge in [0, 0.05) is 24.2 Å². The number of carbonyl (C=O) groups is 2. The molecule has 0 aromatic heterocycles. The predicted octanol–water partition coefficient (Wildman–Crippen LogP) is 5.01. The molecule has 190 valence electrons. The Morgan fingerprint density at radius 3 is 2.11 bits per heavy atom. The number of aliphatic hydroxyl groups is 1. The van der Waals surface area contributed by atoms with E-state index in [4.69, 9.17) is 9.47 Å². The summed E-state index contributed by atoms with van der Waals surface area (Å²) in [6.07, 6.45) is -0.0336. The Bertz CT molecular complexity index is 1340. The molecule has 1 heterocycles. The summed E-state index contributed by atoms with van der Waals surface area (Å²) < 4.78 is 10.9. The Morgan fingerprint density at radius 1 is 0.973 bits per heavy atom. The minimum atomic E-state index is -0.884. The maximum atomic E-state index is 13.2. The second-order valence-electron chi connectivity index (χ2n) is 8.81. The molecule has 0 bridgehead atoms. The van der Waals surface area contributed by atoms with Crippen molar-refractivity contribution in [1.29, 1.82) is 0 Å². The topological polar surface area (TPSA) is 119 Å². The molecule has 37 heavy (non-hydrogen) atoms. The molecule has 0 saturated carbocycles. The van der Waals surface area contributed by atoms with E-state index in [2.05, 4.69) is 0 Å². The highest BCUT2D eigenvalue weighted by molar-refractivity contribution is 6.46. The maximum Gasteiger partial charge on any atom is 0.295 e. The highest BCUT2D eigenvalue weighted by Crippen LogP contribution is 2.41. The molecule has 0 radical (unpaired) electrons. The maximum absolute atomic E-state index is 13.2. The summed E-state index contributed by atoms with van der Waals surface area (Å²) in [6.45, 7) is 3.92. The number of likely N-dealkylation sites (tertiary alicyclic amines) is 1. The molecule has 1 N–H and O–H groups in total. The van der Waals surface area contributed by atoms with Crippen molar-refractivity contribution in [2.24, 2.45) is 0 Å². The Morgan fingerprint density at radius 2 is 1.57 bits per heavy atom. The fourth-order valence-corrected chi connectivity index (χ4v) is 4.21. The van der Waals surface area contributed by atoms with Crippen molar-refractivity contribution >= 4 is 23.1 Å². The van der Waals surface area contributed by atoms with Crippen LogP contribution in [-0.4, -0.2) is 39.8 Å². The van der Waals surface area contributed by atoms with E-state index >= 15 is 0 Å². The first kappa shape index (κ1) is 25.4. The van der Waals surface area contributed by atoms with Gasteiger partial charge in [-0.2, -0.15) is 0 Å². The molecule has 1 unspecified atom stereocenters. The van der Waals surface area contributed by atoms with Gasteiger partial charge in [0.15, 0.2) is 0 Å². The zero-order valence-electron chi connectivity index (χ0n) is 20.6. The highest BCUT2D eigenvalue weighted by atomic mass is 16.6. The Hall–Kier alpha value is -4.66. The molecule has 1 amide bonds. The molecular formula is C28H26N2O7. The Balaban J connectivity index is 1.79. The third-order valence-corrected chi connectivity index (χ3v) is 5.97. The van der Waals surface area contributed by atoms with Crippen LogP contribution in [0, 0.1) is 10.1 Å². The van der Waals surface area contributed by atoms with E-state index in [-0.39, 0.29) is 29.5 Å². The molecule has 4 rings (SSSR count). The highest BCUT2D eigenvalue weighted by Gasteiger charge is 2.46. The monoisotopic (exact) mass is 502 g/mol. The second-order valence-corrected chi connectivity index (χ2v) is 8.81. The zero-order chi connectivity index (χ0) is 26.7. The fourth-order valence-electron chi connectivity index (χ4n) is 4.21. The average Bonchev–Trinajstić information content (AvgIpc) is 3.14. The van der Waals surface area contributed by atoms with Crippen LogP contribution in [0.4, 0.5) is 5.69 Å². The molecular weight excluding hydrogens is 476 g/mol. The van der Waals surface area contributed by atoms with Crippen LogP contribution in [0.2, 0.25) is 0 Å². The molecule has 1 atom stereocenters. The van der Waals surface area contributed by atoms with Gasteiger partial charge in [-0.05, 0) is 61.4 Å². The number of Topliss-reactive ketones (excluding diaryl/α,β-unsaturated/α-hetero) is 1. The van der Waals surface area contributed by atoms with Crippen molar-refractivity contribution in [3.05, 3.63) is 105 Å². The number of benzene rings is 3. The van der Waals surface area contributed by atoms with Gasteiger partial charge in [0.25, 0.3) is 17.4 Å². The zero-order valence-corrected chi connectivity index (χ0v) is 20.6. The molecule has 3 aromatic rings. The summed E-state index contributed by atoms with van der Waals surface area (Å²) in [5, 5.41) is 22.2. The summed E-state index contributed by atoms with van der Waals surface area (Å²) in [5.41, 5.74) is 1.31. The quantitative estimate of drug-likeness (QED) is 0.151. The van der Waals surface area contributed by atoms with E-state index in [0.29, 0.717) is 17.1 Å². The average molecular weight is 503 g/mol. The van der Waals surface area contributed by atoms with Crippen LogP contribution in [0.15, 0.2) is 78.4 Å². The molecule has 1 aliphatic rings. The Kier molecular flexibility index (Phi) is 7.24. The molecule has 9 heteroatoms. The van der Waals surface area contributed by atoms with Gasteiger partial charge in [-0.1, -0.05) is 24.3 Å². The molecule has 1 saturated heterocycles. The number of non-ortho nitro benzene ring substituents is 1. The third kappa shape index (κ3) is 5.30. The number of nitro groups is 1. The van der Waals surface area contributed by atoms with Crippen LogP contribution in [-0.2, 0) is 16.1 Å². The summed E-state index contributed by atoms with van der Waals surface area (Å²) in [6, 6.07) is 18.4. The number of hydrogen-bond donors (Lipinski definition) is 1. The largest absolute Gasteiger partial charge is 0.507 e. The SMILES string of the molecule is COc1ccc(CN2C(=O)C(=O)/C(=C(\O)c3ccc([N+](=O)[O-])cc3)C2c2ccc(OC(C)C)cc2)cc1. The summed E-state index contributed by atoms with van der Waals surface area (Å²) in [5.74, 6) is -0.718. The van der Waals surface area contributed by atoms with E-state index < -0.39 is 28.4 Å². The molecule has 9 nitrogen and oxygen atoms in total. The van der Waals surface area contributed by atoms with Crippen molar-refractivity contribution in [3.63, 3.8) is 0 Å². The van der Waals surface area contributed by atoms with E-state index in [1.54, 1.807) is 55.6 Å². The van der Waals surface area contributed by atoms with Gasteiger partial charge >= 0.3 is 0 Å². The lowest BCUT2D eigenvalue weighted by Gasteiger charge is -2.26. The number of hydrogen-bond acceptors (Lipinski definition) is 7. The fraction of sp³-hybridized carbons (Fsp3) is 0.214. The van der Waals surface area contributed by atoms with Crippen molar-refractivity contribution < 1.29 is 29.1 Å². The van der Waals surface area contributed by atoms with Crippen molar-refractivity contribution in [2.45, 2.75) is 32.5 Å². The number of rotatable bonds is 8. The van der Waals surface area contributed by atoms with Crippen molar-refractivity contribution in [2.75, 3.05) is 7.11 Å². The van der Waals surface area contributed by atoms with Gasteiger partial charge in [0.1, 0.15) is 17.3 Å². The lowest BCUT2D eigenvalue weighted by atomic mass is 9.95. The second kappa shape index (κ2) is 10.5. The summed E-state index contributed by atoms with van der Waals surface area (Å²) in [7, 11) is 1.55. The standard InChI is InChI=1S/C28H26N2O7/c1-17(2)37-23-14-8-19(9-15-23)25-24(26(31)20-6-10-21(11-7-20)30(34)35)27(32)28(33)29(25)16-18-4-12-22(36-3)13-5-18/h4-15,17,25,31H,16H2,1-3H3/b26-24-. The molecule has 3 aromatic carbocycles. The van der Waals surface area contributed by atoms with Gasteiger partial charge in [-0.15, -0.1) is 0 Å². The van der Waals surface area contributed by atoms with Crippen LogP contribution in [0.25, 0.3) is 5.76 Å². The lowest BCUT2D eigenvalue weighted by molar-refractivity contribution is -0.384. The number of ketones is 1. The predicted molar refractivity (Wildman–Crippen MR) is 136 cm³/mol. The van der Waals surface area contributed by atoms with Gasteiger partial charge in [-0.25, -0.2) is 0 Å². The Labute approximate surface area is 213 Å². The smallest absolute Gasteiger partial charge is 0.295 e. The van der Waals surface area contributed by atoms with Crippen LogP contribution >= 0.6 is 0 Å². The van der Waals surface area contributed by atoms with E-state index in [1.165, 1.54) is 29.2 Å². The van der Waals surface area contributed by atoms with Gasteiger partial charge in [0.2, 0.25) is 0 Å². The minimum Gasteiger partial charge on any atom is -0.507 e. The summed E-state index contributed by atoms with van der Waals surface area (Å²) in [4.78, 5) is 38.3. The number of nitrogens with zero attached hydrogens (tertiary/aromatic N) is 2. The number of carbonyl (C=O) groups excluding carboxylic acids is 2. The minimum absolute atomic E-state index is 0.0336. The molecule has 1 fully saturated rings. The summed E-state index contributed by atoms with van der Waals surface area (Å²) >= 11 is 0. The van der Waals surface area contributed by atoms with Gasteiger partial charge in [-0.3, -0.25) is 19.7 Å². The van der Waals surface area contributed by atoms with Crippen LogP contribution in [0.3, 0.4) is 0 Å². The number of ether oxygens (including phenoxy) is 2. The third-order valence-electron chi connectivity index (χ3n) is 5.97. The number of amides is 1. The first-order valence-corrected chi connectivity index (χ1v) is 11.6. The lowest BCUT2D eigenvalue weighted by Crippen LogP contribution is -2.29. The molecule has 1 aliphatic heterocycles. The van der Waals surface area contributed by atoms with Crippen molar-refractivity contribution in [3.8, 4) is 11.5 Å². The normalized spacial score (nSPS) is 16.8. The van der Waals surface area contributed by atoms with Gasteiger partial charge in [0.05, 0.1) is 29.8 Å². The van der Waals surface area contributed by atoms with Crippen LogP contribution in [0.1, 0.15) is 36.6 Å². The molecule has 0 spiro atoms. The molecule has 0 aliphatic carbocycles. The first-order valence-electron chi connectivity index (χ1n) is 11.6. The van der Waals surface area contributed by atoms with Crippen LogP contribution < -0.4 is 9.47 Å². The van der Waals surface area contributed by atoms with E-state index in [9.17, 15) is 24.8 Å². The first-order chi connectivity index (χ1) is 17.7. The van der Waals surface area contributed by atoms with E-state index in [1.807, 2.05) is 13.8 Å². The van der Waals surface area contributed by atoms with E-state index in [0.717, 1.165) is 5.56 Å². The van der Waals surface area contributed by atoms with Crippen molar-refractivity contribution in [1.82, 2.24) is 4.90 Å². The number of methoxy groups -OCH3 is 1.